The lowest BCUT2D eigenvalue weighted by Crippen LogP contribution is -2.49. The van der Waals surface area contributed by atoms with Crippen molar-refractivity contribution < 1.29 is 14.3 Å². The third-order valence-corrected chi connectivity index (χ3v) is 4.71. The number of rotatable bonds is 5. The molecule has 2 aromatic rings. The average Bonchev–Trinajstić information content (AvgIpc) is 2.62. The van der Waals surface area contributed by atoms with E-state index in [1.807, 2.05) is 44.2 Å². The minimum absolute atomic E-state index is 0.0264. The van der Waals surface area contributed by atoms with Gasteiger partial charge in [-0.3, -0.25) is 14.5 Å². The number of ether oxygens (including phenoxy) is 1. The predicted molar refractivity (Wildman–Crippen MR) is 106 cm³/mol. The highest BCUT2D eigenvalue weighted by atomic mass is 16.5. The quantitative estimate of drug-likeness (QED) is 0.820. The molecular formula is C22H26N2O3. The van der Waals surface area contributed by atoms with Crippen LogP contribution in [0.5, 0.6) is 0 Å². The Labute approximate surface area is 160 Å². The maximum Gasteiger partial charge on any atom is 0.246 e. The van der Waals surface area contributed by atoms with Crippen LogP contribution >= 0.6 is 0 Å². The molecule has 5 nitrogen and oxygen atoms in total. The van der Waals surface area contributed by atoms with Gasteiger partial charge in [0.2, 0.25) is 5.91 Å². The second kappa shape index (κ2) is 8.46. The number of carbonyl (C=O) groups excluding carboxylic acids is 2. The van der Waals surface area contributed by atoms with Crippen molar-refractivity contribution in [1.82, 2.24) is 4.90 Å². The molecule has 142 valence electrons. The maximum atomic E-state index is 13.2. The van der Waals surface area contributed by atoms with Crippen LogP contribution in [0.2, 0.25) is 0 Å². The number of anilines is 1. The third-order valence-electron chi connectivity index (χ3n) is 4.71. The number of benzene rings is 2. The van der Waals surface area contributed by atoms with Gasteiger partial charge in [0.1, 0.15) is 6.04 Å². The summed E-state index contributed by atoms with van der Waals surface area (Å²) in [4.78, 5) is 27.0. The molecule has 0 spiro atoms. The van der Waals surface area contributed by atoms with E-state index >= 15 is 0 Å². The first kappa shape index (κ1) is 19.3. The molecule has 1 N–H and O–H groups in total. The van der Waals surface area contributed by atoms with Crippen molar-refractivity contribution in [2.24, 2.45) is 0 Å². The van der Waals surface area contributed by atoms with E-state index in [2.05, 4.69) is 10.2 Å². The van der Waals surface area contributed by atoms with Gasteiger partial charge in [-0.1, -0.05) is 42.5 Å². The van der Waals surface area contributed by atoms with E-state index in [1.54, 1.807) is 24.3 Å². The number of hydrogen-bond donors (Lipinski definition) is 1. The van der Waals surface area contributed by atoms with Crippen molar-refractivity contribution in [2.45, 2.75) is 39.0 Å². The topological polar surface area (TPSA) is 58.6 Å². The number of ketones is 1. The number of amides is 1. The van der Waals surface area contributed by atoms with Crippen LogP contribution in [0, 0.1) is 0 Å². The number of morpholine rings is 1. The van der Waals surface area contributed by atoms with Crippen molar-refractivity contribution >= 4 is 17.4 Å². The van der Waals surface area contributed by atoms with E-state index in [9.17, 15) is 9.59 Å². The molecule has 1 aliphatic heterocycles. The molecule has 27 heavy (non-hydrogen) atoms. The van der Waals surface area contributed by atoms with E-state index in [1.165, 1.54) is 6.92 Å². The van der Waals surface area contributed by atoms with Crippen LogP contribution in [0.1, 0.15) is 42.7 Å². The van der Waals surface area contributed by atoms with Crippen molar-refractivity contribution in [3.63, 3.8) is 0 Å². The molecule has 1 aliphatic rings. The maximum absolute atomic E-state index is 13.2. The summed E-state index contributed by atoms with van der Waals surface area (Å²) in [6, 6.07) is 16.4. The number of carbonyl (C=O) groups is 2. The largest absolute Gasteiger partial charge is 0.373 e. The Morgan fingerprint density at radius 2 is 1.70 bits per heavy atom. The summed E-state index contributed by atoms with van der Waals surface area (Å²) < 4.78 is 5.83. The van der Waals surface area contributed by atoms with E-state index in [4.69, 9.17) is 4.74 Å². The fraction of sp³-hybridized carbons (Fsp3) is 0.364. The van der Waals surface area contributed by atoms with Crippen LogP contribution in [0.25, 0.3) is 0 Å². The second-order valence-corrected chi connectivity index (χ2v) is 7.15. The molecule has 5 heteroatoms. The molecule has 1 heterocycles. The summed E-state index contributed by atoms with van der Waals surface area (Å²) in [6.45, 7) is 6.94. The minimum Gasteiger partial charge on any atom is -0.373 e. The first-order valence-electron chi connectivity index (χ1n) is 9.30. The van der Waals surface area contributed by atoms with Crippen LogP contribution in [0.4, 0.5) is 5.69 Å². The number of nitrogens with one attached hydrogen (secondary N) is 1. The van der Waals surface area contributed by atoms with E-state index in [0.29, 0.717) is 24.3 Å². The highest BCUT2D eigenvalue weighted by molar-refractivity contribution is 5.98. The Balaban J connectivity index is 1.87. The van der Waals surface area contributed by atoms with E-state index < -0.39 is 6.04 Å². The van der Waals surface area contributed by atoms with Gasteiger partial charge < -0.3 is 10.1 Å². The van der Waals surface area contributed by atoms with Gasteiger partial charge in [-0.25, -0.2) is 0 Å². The third kappa shape index (κ3) is 4.81. The Bertz CT molecular complexity index is 796. The minimum atomic E-state index is -0.416. The first-order valence-corrected chi connectivity index (χ1v) is 9.30. The standard InChI is InChI=1S/C22H26N2O3/c1-15-13-24(14-16(2)27-15)21(18-8-5-4-6-9-18)22(26)23-20-11-7-10-19(12-20)17(3)25/h4-12,15-16,21H,13-14H2,1-3H3,(H,23,26)/t15-,16+,21-/m0/s1. The molecular weight excluding hydrogens is 340 g/mol. The Morgan fingerprint density at radius 3 is 2.33 bits per heavy atom. The van der Waals surface area contributed by atoms with Crippen LogP contribution in [-0.2, 0) is 9.53 Å². The molecule has 0 radical (unpaired) electrons. The average molecular weight is 366 g/mol. The van der Waals surface area contributed by atoms with Crippen LogP contribution in [-0.4, -0.2) is 41.9 Å². The molecule has 0 bridgehead atoms. The van der Waals surface area contributed by atoms with E-state index in [0.717, 1.165) is 5.56 Å². The van der Waals surface area contributed by atoms with Gasteiger partial charge in [0.25, 0.3) is 0 Å². The monoisotopic (exact) mass is 366 g/mol. The Morgan fingerprint density at radius 1 is 1.04 bits per heavy atom. The lowest BCUT2D eigenvalue weighted by atomic mass is 10.0. The molecule has 2 aromatic carbocycles. The van der Waals surface area contributed by atoms with Gasteiger partial charge in [-0.05, 0) is 38.5 Å². The van der Waals surface area contributed by atoms with E-state index in [-0.39, 0.29) is 23.9 Å². The van der Waals surface area contributed by atoms with Crippen LogP contribution in [0.3, 0.4) is 0 Å². The molecule has 1 fully saturated rings. The predicted octanol–water partition coefficient (Wildman–Crippen LogP) is 3.68. The summed E-state index contributed by atoms with van der Waals surface area (Å²) in [5.41, 5.74) is 2.15. The zero-order chi connectivity index (χ0) is 19.4. The Kier molecular flexibility index (Phi) is 6.04. The van der Waals surface area contributed by atoms with Crippen LogP contribution < -0.4 is 5.32 Å². The van der Waals surface area contributed by atoms with Gasteiger partial charge in [0, 0.05) is 24.3 Å². The summed E-state index contributed by atoms with van der Waals surface area (Å²) in [6.07, 6.45) is 0.127. The summed E-state index contributed by atoms with van der Waals surface area (Å²) >= 11 is 0. The van der Waals surface area contributed by atoms with Gasteiger partial charge >= 0.3 is 0 Å². The lowest BCUT2D eigenvalue weighted by Gasteiger charge is -2.39. The molecule has 1 saturated heterocycles. The van der Waals surface area contributed by atoms with Crippen molar-refractivity contribution in [3.05, 3.63) is 65.7 Å². The number of Topliss-reactive ketones (excluding diaryl/α,β-unsaturated/α-hetero) is 1. The second-order valence-electron chi connectivity index (χ2n) is 7.15. The normalized spacial score (nSPS) is 21.4. The SMILES string of the molecule is CC(=O)c1cccc(NC(=O)[C@H](c2ccccc2)N2C[C@@H](C)O[C@@H](C)C2)c1. The van der Waals surface area contributed by atoms with Gasteiger partial charge in [0.15, 0.2) is 5.78 Å². The zero-order valence-electron chi connectivity index (χ0n) is 16.0. The molecule has 0 saturated carbocycles. The first-order chi connectivity index (χ1) is 12.9. The highest BCUT2D eigenvalue weighted by Gasteiger charge is 2.33. The van der Waals surface area contributed by atoms with Crippen molar-refractivity contribution in [2.75, 3.05) is 18.4 Å². The molecule has 0 aromatic heterocycles. The van der Waals surface area contributed by atoms with Crippen molar-refractivity contribution in [3.8, 4) is 0 Å². The highest BCUT2D eigenvalue weighted by Crippen LogP contribution is 2.27. The Hall–Kier alpha value is -2.50. The van der Waals surface area contributed by atoms with Gasteiger partial charge in [-0.15, -0.1) is 0 Å². The fourth-order valence-corrected chi connectivity index (χ4v) is 3.62. The van der Waals surface area contributed by atoms with Gasteiger partial charge in [-0.2, -0.15) is 0 Å². The summed E-state index contributed by atoms with van der Waals surface area (Å²) in [5, 5.41) is 2.99. The zero-order valence-corrected chi connectivity index (χ0v) is 16.0. The fourth-order valence-electron chi connectivity index (χ4n) is 3.62. The van der Waals surface area contributed by atoms with Crippen molar-refractivity contribution in [1.29, 1.82) is 0 Å². The van der Waals surface area contributed by atoms with Gasteiger partial charge in [0.05, 0.1) is 12.2 Å². The summed E-state index contributed by atoms with van der Waals surface area (Å²) in [7, 11) is 0. The number of hydrogen-bond acceptors (Lipinski definition) is 4. The number of nitrogens with zero attached hydrogens (tertiary/aromatic N) is 1. The molecule has 0 unspecified atom stereocenters. The molecule has 1 amide bonds. The smallest absolute Gasteiger partial charge is 0.246 e. The molecule has 0 aliphatic carbocycles. The lowest BCUT2D eigenvalue weighted by molar-refractivity contribution is -0.128. The summed E-state index contributed by atoms with van der Waals surface area (Å²) in [5.74, 6) is -0.135. The molecule has 3 atom stereocenters. The van der Waals surface area contributed by atoms with Crippen LogP contribution in [0.15, 0.2) is 54.6 Å². The molecule has 3 rings (SSSR count).